The van der Waals surface area contributed by atoms with E-state index in [-0.39, 0.29) is 0 Å². The topological polar surface area (TPSA) is 42.9 Å². The molecule has 0 saturated heterocycles. The Bertz CT molecular complexity index is 322. The van der Waals surface area contributed by atoms with E-state index in [2.05, 4.69) is 25.9 Å². The standard InChI is InChI=1S/C6H2BrF3N2O/c7-3-1-11-5(12-2-3)4(13)6(8,9)10/h1-2H. The smallest absolute Gasteiger partial charge is 0.280 e. The lowest BCUT2D eigenvalue weighted by atomic mass is 10.3. The molecule has 13 heavy (non-hydrogen) atoms. The molecule has 70 valence electrons. The summed E-state index contributed by atoms with van der Waals surface area (Å²) < 4.78 is 35.8. The number of halogens is 4. The minimum Gasteiger partial charge on any atom is -0.280 e. The van der Waals surface area contributed by atoms with Crippen LogP contribution in [0.3, 0.4) is 0 Å². The molecule has 0 atom stereocenters. The third kappa shape index (κ3) is 2.48. The molecule has 0 saturated carbocycles. The Balaban J connectivity index is 2.97. The largest absolute Gasteiger partial charge is 0.458 e. The van der Waals surface area contributed by atoms with E-state index >= 15 is 0 Å². The van der Waals surface area contributed by atoms with Gasteiger partial charge in [0, 0.05) is 12.4 Å². The summed E-state index contributed by atoms with van der Waals surface area (Å²) in [4.78, 5) is 16.9. The van der Waals surface area contributed by atoms with Crippen molar-refractivity contribution >= 4 is 21.7 Å². The molecular weight excluding hydrogens is 253 g/mol. The van der Waals surface area contributed by atoms with Gasteiger partial charge in [-0.05, 0) is 15.9 Å². The van der Waals surface area contributed by atoms with Crippen molar-refractivity contribution in [3.63, 3.8) is 0 Å². The second-order valence-corrected chi connectivity index (χ2v) is 2.97. The van der Waals surface area contributed by atoms with Crippen LogP contribution in [0.2, 0.25) is 0 Å². The zero-order chi connectivity index (χ0) is 10.1. The van der Waals surface area contributed by atoms with Gasteiger partial charge in [0.25, 0.3) is 0 Å². The molecule has 0 unspecified atom stereocenters. The first-order valence-corrected chi connectivity index (χ1v) is 3.79. The molecule has 0 N–H and O–H groups in total. The first kappa shape index (κ1) is 10.1. The summed E-state index contributed by atoms with van der Waals surface area (Å²) >= 11 is 2.93. The number of rotatable bonds is 1. The van der Waals surface area contributed by atoms with E-state index in [4.69, 9.17) is 0 Å². The van der Waals surface area contributed by atoms with Gasteiger partial charge >= 0.3 is 12.0 Å². The van der Waals surface area contributed by atoms with Gasteiger partial charge in [-0.25, -0.2) is 9.97 Å². The Morgan fingerprint density at radius 3 is 2.15 bits per heavy atom. The molecule has 0 aliphatic heterocycles. The minimum absolute atomic E-state index is 0.409. The van der Waals surface area contributed by atoms with Gasteiger partial charge in [0.2, 0.25) is 5.82 Å². The predicted molar refractivity (Wildman–Crippen MR) is 40.1 cm³/mol. The molecule has 1 aromatic heterocycles. The summed E-state index contributed by atoms with van der Waals surface area (Å²) in [6, 6.07) is 0. The molecule has 1 heterocycles. The van der Waals surface area contributed by atoms with Crippen LogP contribution in [0.4, 0.5) is 13.2 Å². The van der Waals surface area contributed by atoms with Gasteiger partial charge < -0.3 is 0 Å². The van der Waals surface area contributed by atoms with Crippen molar-refractivity contribution in [2.24, 2.45) is 0 Å². The van der Waals surface area contributed by atoms with E-state index in [9.17, 15) is 18.0 Å². The second kappa shape index (κ2) is 3.41. The van der Waals surface area contributed by atoms with Crippen molar-refractivity contribution in [3.8, 4) is 0 Å². The summed E-state index contributed by atoms with van der Waals surface area (Å²) in [6.45, 7) is 0. The number of hydrogen-bond donors (Lipinski definition) is 0. The Morgan fingerprint density at radius 1 is 1.31 bits per heavy atom. The molecule has 0 aliphatic rings. The van der Waals surface area contributed by atoms with Crippen molar-refractivity contribution < 1.29 is 18.0 Å². The summed E-state index contributed by atoms with van der Waals surface area (Å²) in [6.07, 6.45) is -2.77. The fourth-order valence-corrected chi connectivity index (χ4v) is 0.761. The first-order chi connectivity index (χ1) is 5.91. The minimum atomic E-state index is -4.92. The number of aromatic nitrogens is 2. The van der Waals surface area contributed by atoms with Gasteiger partial charge in [-0.15, -0.1) is 0 Å². The molecule has 0 aliphatic carbocycles. The highest BCUT2D eigenvalue weighted by atomic mass is 79.9. The van der Waals surface area contributed by atoms with Crippen molar-refractivity contribution in [1.82, 2.24) is 9.97 Å². The van der Waals surface area contributed by atoms with Gasteiger partial charge in [-0.3, -0.25) is 4.79 Å². The van der Waals surface area contributed by atoms with Gasteiger partial charge in [-0.2, -0.15) is 13.2 Å². The van der Waals surface area contributed by atoms with Crippen LogP contribution in [0.15, 0.2) is 16.9 Å². The summed E-state index contributed by atoms with van der Waals surface area (Å²) in [7, 11) is 0. The van der Waals surface area contributed by atoms with E-state index in [1.165, 1.54) is 0 Å². The van der Waals surface area contributed by atoms with E-state index in [0.717, 1.165) is 12.4 Å². The molecule has 0 aromatic carbocycles. The number of carbonyl (C=O) groups excluding carboxylic acids is 1. The monoisotopic (exact) mass is 254 g/mol. The highest BCUT2D eigenvalue weighted by molar-refractivity contribution is 9.10. The molecule has 0 bridgehead atoms. The summed E-state index contributed by atoms with van der Waals surface area (Å²) in [5.41, 5.74) is 0. The fourth-order valence-electron chi connectivity index (χ4n) is 0.556. The Morgan fingerprint density at radius 2 is 1.77 bits per heavy atom. The lowest BCUT2D eigenvalue weighted by Gasteiger charge is -2.02. The summed E-state index contributed by atoms with van der Waals surface area (Å²) in [5.74, 6) is -2.89. The Hall–Kier alpha value is -0.980. The van der Waals surface area contributed by atoms with E-state index in [1.807, 2.05) is 0 Å². The van der Waals surface area contributed by atoms with Crippen LogP contribution < -0.4 is 0 Å². The van der Waals surface area contributed by atoms with Crippen LogP contribution in [-0.4, -0.2) is 21.9 Å². The van der Waals surface area contributed by atoms with Crippen molar-refractivity contribution in [2.75, 3.05) is 0 Å². The maximum absolute atomic E-state index is 11.8. The molecule has 7 heteroatoms. The van der Waals surface area contributed by atoms with Gasteiger partial charge in [-0.1, -0.05) is 0 Å². The molecule has 1 aromatic rings. The average Bonchev–Trinajstić information content (AvgIpc) is 2.03. The Labute approximate surface area is 79.1 Å². The van der Waals surface area contributed by atoms with Crippen LogP contribution >= 0.6 is 15.9 Å². The number of alkyl halides is 3. The SMILES string of the molecule is O=C(c1ncc(Br)cn1)C(F)(F)F. The number of hydrogen-bond acceptors (Lipinski definition) is 3. The van der Waals surface area contributed by atoms with Crippen LogP contribution in [0.5, 0.6) is 0 Å². The molecule has 0 spiro atoms. The Kier molecular flexibility index (Phi) is 2.65. The lowest BCUT2D eigenvalue weighted by Crippen LogP contribution is -2.24. The van der Waals surface area contributed by atoms with Gasteiger partial charge in [0.05, 0.1) is 4.47 Å². The van der Waals surface area contributed by atoms with E-state index in [0.29, 0.717) is 4.47 Å². The maximum atomic E-state index is 11.8. The number of Topliss-reactive ketones (excluding diaryl/α,β-unsaturated/α-hetero) is 1. The zero-order valence-electron chi connectivity index (χ0n) is 5.97. The summed E-state index contributed by atoms with van der Waals surface area (Å²) in [5, 5.41) is 0. The normalized spacial score (nSPS) is 11.4. The predicted octanol–water partition coefficient (Wildman–Crippen LogP) is 1.98. The highest BCUT2D eigenvalue weighted by Crippen LogP contribution is 2.19. The van der Waals surface area contributed by atoms with Gasteiger partial charge in [0.15, 0.2) is 0 Å². The molecule has 0 radical (unpaired) electrons. The fraction of sp³-hybridized carbons (Fsp3) is 0.167. The maximum Gasteiger partial charge on any atom is 0.458 e. The first-order valence-electron chi connectivity index (χ1n) is 3.00. The number of nitrogens with zero attached hydrogens (tertiary/aromatic N) is 2. The molecule has 1 rings (SSSR count). The number of carbonyl (C=O) groups is 1. The van der Waals surface area contributed by atoms with Crippen molar-refractivity contribution in [1.29, 1.82) is 0 Å². The highest BCUT2D eigenvalue weighted by Gasteiger charge is 2.41. The second-order valence-electron chi connectivity index (χ2n) is 2.05. The van der Waals surface area contributed by atoms with Crippen LogP contribution in [0.1, 0.15) is 10.6 Å². The van der Waals surface area contributed by atoms with Crippen molar-refractivity contribution in [2.45, 2.75) is 6.18 Å². The van der Waals surface area contributed by atoms with E-state index < -0.39 is 17.8 Å². The third-order valence-electron chi connectivity index (χ3n) is 1.08. The molecule has 0 fully saturated rings. The molecular formula is C6H2BrF3N2O. The average molecular weight is 255 g/mol. The van der Waals surface area contributed by atoms with Crippen LogP contribution in [0, 0.1) is 0 Å². The third-order valence-corrected chi connectivity index (χ3v) is 1.49. The number of ketones is 1. The lowest BCUT2D eigenvalue weighted by molar-refractivity contribution is -0.0891. The van der Waals surface area contributed by atoms with Crippen LogP contribution in [-0.2, 0) is 0 Å². The van der Waals surface area contributed by atoms with Crippen LogP contribution in [0.25, 0.3) is 0 Å². The molecule has 0 amide bonds. The quantitative estimate of drug-likeness (QED) is 0.720. The zero-order valence-corrected chi connectivity index (χ0v) is 7.56. The van der Waals surface area contributed by atoms with Gasteiger partial charge in [0.1, 0.15) is 0 Å². The molecule has 3 nitrogen and oxygen atoms in total. The van der Waals surface area contributed by atoms with Crippen molar-refractivity contribution in [3.05, 3.63) is 22.7 Å². The van der Waals surface area contributed by atoms with E-state index in [1.54, 1.807) is 0 Å².